The average molecular weight is 408 g/mol. The van der Waals surface area contributed by atoms with E-state index < -0.39 is 5.97 Å². The molecule has 0 fully saturated rings. The molecule has 4 heteroatoms. The van der Waals surface area contributed by atoms with Gasteiger partial charge in [0.25, 0.3) is 0 Å². The van der Waals surface area contributed by atoms with Crippen LogP contribution in [0.1, 0.15) is 40.7 Å². The van der Waals surface area contributed by atoms with Gasteiger partial charge in [-0.05, 0) is 13.0 Å². The molecule has 3 aromatic rings. The Morgan fingerprint density at radius 3 is 2.23 bits per heavy atom. The van der Waals surface area contributed by atoms with E-state index in [-0.39, 0.29) is 11.7 Å². The molecular formula is C27H20O4. The quantitative estimate of drug-likeness (QED) is 0.242. The number of ketones is 1. The van der Waals surface area contributed by atoms with Crippen LogP contribution in [-0.4, -0.2) is 11.8 Å². The molecule has 3 aromatic carbocycles. The van der Waals surface area contributed by atoms with Crippen molar-refractivity contribution >= 4 is 17.5 Å². The summed E-state index contributed by atoms with van der Waals surface area (Å²) in [5.74, 6) is 0.848. The molecule has 2 aliphatic heterocycles. The summed E-state index contributed by atoms with van der Waals surface area (Å²) < 4.78 is 11.9. The number of esters is 1. The summed E-state index contributed by atoms with van der Waals surface area (Å²) in [6.45, 7) is 1.78. The van der Waals surface area contributed by atoms with Crippen LogP contribution in [0.15, 0.2) is 102 Å². The number of hydrogen-bond acceptors (Lipinski definition) is 4. The summed E-state index contributed by atoms with van der Waals surface area (Å²) in [6, 6.07) is 26.2. The van der Waals surface area contributed by atoms with Crippen LogP contribution in [0, 0.1) is 0 Å². The van der Waals surface area contributed by atoms with Crippen molar-refractivity contribution in [2.24, 2.45) is 0 Å². The van der Waals surface area contributed by atoms with E-state index in [0.29, 0.717) is 40.4 Å². The summed E-state index contributed by atoms with van der Waals surface area (Å²) >= 11 is 0. The molecule has 4 nitrogen and oxygen atoms in total. The minimum Gasteiger partial charge on any atom is -0.460 e. The van der Waals surface area contributed by atoms with Gasteiger partial charge in [0.15, 0.2) is 5.78 Å². The van der Waals surface area contributed by atoms with Crippen LogP contribution >= 0.6 is 0 Å². The van der Waals surface area contributed by atoms with Crippen molar-refractivity contribution in [3.8, 4) is 5.75 Å². The predicted octanol–water partition coefficient (Wildman–Crippen LogP) is 5.68. The summed E-state index contributed by atoms with van der Waals surface area (Å²) in [5.41, 5.74) is 3.33. The molecule has 2 aliphatic rings. The molecule has 5 rings (SSSR count). The first-order chi connectivity index (χ1) is 15.1. The van der Waals surface area contributed by atoms with Crippen molar-refractivity contribution in [1.29, 1.82) is 0 Å². The summed E-state index contributed by atoms with van der Waals surface area (Å²) in [4.78, 5) is 26.1. The van der Waals surface area contributed by atoms with Crippen LogP contribution in [-0.2, 0) is 9.53 Å². The van der Waals surface area contributed by atoms with Gasteiger partial charge in [-0.3, -0.25) is 4.79 Å². The van der Waals surface area contributed by atoms with Gasteiger partial charge in [-0.15, -0.1) is 0 Å². The number of carbonyl (C=O) groups is 2. The SMILES string of the molecule is C/C(C(=O)c1ccccc1)=C1\C[C@H]2C(=C(c3ccccc3)O1)C(=O)Oc1ccccc12. The number of rotatable bonds is 3. The van der Waals surface area contributed by atoms with Gasteiger partial charge in [-0.1, -0.05) is 78.9 Å². The largest absolute Gasteiger partial charge is 0.460 e. The zero-order chi connectivity index (χ0) is 21.4. The van der Waals surface area contributed by atoms with E-state index in [4.69, 9.17) is 9.47 Å². The first kappa shape index (κ1) is 19.1. The Balaban J connectivity index is 1.68. The molecule has 0 amide bonds. The third kappa shape index (κ3) is 3.36. The van der Waals surface area contributed by atoms with Crippen LogP contribution in [0.3, 0.4) is 0 Å². The zero-order valence-electron chi connectivity index (χ0n) is 17.0. The topological polar surface area (TPSA) is 52.6 Å². The monoisotopic (exact) mass is 408 g/mol. The number of fused-ring (bicyclic) bond motifs is 3. The Morgan fingerprint density at radius 1 is 0.839 bits per heavy atom. The Morgan fingerprint density at radius 2 is 1.48 bits per heavy atom. The molecule has 2 heterocycles. The molecule has 0 aliphatic carbocycles. The van der Waals surface area contributed by atoms with Crippen molar-refractivity contribution < 1.29 is 19.1 Å². The fourth-order valence-electron chi connectivity index (χ4n) is 4.15. The highest BCUT2D eigenvalue weighted by atomic mass is 16.5. The molecule has 0 unspecified atom stereocenters. The molecule has 0 spiro atoms. The third-order valence-corrected chi connectivity index (χ3v) is 5.76. The molecule has 0 aromatic heterocycles. The fourth-order valence-corrected chi connectivity index (χ4v) is 4.15. The van der Waals surface area contributed by atoms with Gasteiger partial charge in [0.05, 0.1) is 5.57 Å². The third-order valence-electron chi connectivity index (χ3n) is 5.76. The number of allylic oxidation sites excluding steroid dienone is 2. The van der Waals surface area contributed by atoms with E-state index in [9.17, 15) is 9.59 Å². The normalized spacial score (nSPS) is 19.0. The molecule has 0 saturated carbocycles. The second-order valence-corrected chi connectivity index (χ2v) is 7.64. The van der Waals surface area contributed by atoms with Crippen molar-refractivity contribution in [3.05, 3.63) is 119 Å². The van der Waals surface area contributed by atoms with Gasteiger partial charge in [0, 0.05) is 34.6 Å². The van der Waals surface area contributed by atoms with E-state index in [1.165, 1.54) is 0 Å². The van der Waals surface area contributed by atoms with E-state index in [0.717, 1.165) is 11.1 Å². The standard InChI is InChI=1S/C27H20O4/c1-17(25(28)18-10-4-2-5-11-18)23-16-21-20-14-8-9-15-22(20)31-27(29)24(21)26(30-23)19-12-6-3-7-13-19/h2-15,21H,16H2,1H3/b23-17-/t21-/m1/s1. The molecule has 0 N–H and O–H groups in total. The number of para-hydroxylation sites is 1. The Bertz CT molecular complexity index is 1240. The van der Waals surface area contributed by atoms with Crippen LogP contribution in [0.4, 0.5) is 0 Å². The minimum atomic E-state index is -0.409. The lowest BCUT2D eigenvalue weighted by Gasteiger charge is -2.34. The molecular weight excluding hydrogens is 388 g/mol. The number of benzene rings is 3. The highest BCUT2D eigenvalue weighted by molar-refractivity contribution is 6.09. The number of carbonyl (C=O) groups excluding carboxylic acids is 2. The van der Waals surface area contributed by atoms with Gasteiger partial charge in [0.2, 0.25) is 0 Å². The lowest BCUT2D eigenvalue weighted by atomic mass is 9.81. The van der Waals surface area contributed by atoms with Gasteiger partial charge in [-0.25, -0.2) is 4.79 Å². The number of ether oxygens (including phenoxy) is 2. The lowest BCUT2D eigenvalue weighted by molar-refractivity contribution is -0.131. The summed E-state index contributed by atoms with van der Waals surface area (Å²) in [5, 5.41) is 0. The summed E-state index contributed by atoms with van der Waals surface area (Å²) in [6.07, 6.45) is 0.419. The van der Waals surface area contributed by atoms with E-state index in [1.807, 2.05) is 66.7 Å². The maximum Gasteiger partial charge on any atom is 0.343 e. The summed E-state index contributed by atoms with van der Waals surface area (Å²) in [7, 11) is 0. The van der Waals surface area contributed by atoms with Gasteiger partial charge < -0.3 is 9.47 Å². The lowest BCUT2D eigenvalue weighted by Crippen LogP contribution is -2.29. The number of Topliss-reactive ketones (excluding diaryl/α,β-unsaturated/α-hetero) is 1. The van der Waals surface area contributed by atoms with E-state index >= 15 is 0 Å². The van der Waals surface area contributed by atoms with Crippen molar-refractivity contribution in [2.45, 2.75) is 19.3 Å². The fraction of sp³-hybridized carbons (Fsp3) is 0.111. The van der Waals surface area contributed by atoms with Crippen molar-refractivity contribution in [3.63, 3.8) is 0 Å². The van der Waals surface area contributed by atoms with E-state index in [1.54, 1.807) is 25.1 Å². The van der Waals surface area contributed by atoms with Crippen molar-refractivity contribution in [2.75, 3.05) is 0 Å². The van der Waals surface area contributed by atoms with Crippen LogP contribution in [0.2, 0.25) is 0 Å². The molecule has 1 atom stereocenters. The molecule has 31 heavy (non-hydrogen) atoms. The highest BCUT2D eigenvalue weighted by Crippen LogP contribution is 2.48. The first-order valence-corrected chi connectivity index (χ1v) is 10.2. The zero-order valence-corrected chi connectivity index (χ0v) is 17.0. The molecule has 152 valence electrons. The minimum absolute atomic E-state index is 0.0851. The second-order valence-electron chi connectivity index (χ2n) is 7.64. The predicted molar refractivity (Wildman–Crippen MR) is 117 cm³/mol. The molecule has 0 saturated heterocycles. The second kappa shape index (κ2) is 7.73. The molecule has 0 bridgehead atoms. The van der Waals surface area contributed by atoms with Gasteiger partial charge >= 0.3 is 5.97 Å². The Hall–Kier alpha value is -3.92. The average Bonchev–Trinajstić information content (AvgIpc) is 2.83. The smallest absolute Gasteiger partial charge is 0.343 e. The number of hydrogen-bond donors (Lipinski definition) is 0. The van der Waals surface area contributed by atoms with Crippen LogP contribution in [0.25, 0.3) is 5.76 Å². The van der Waals surface area contributed by atoms with Gasteiger partial charge in [-0.2, -0.15) is 0 Å². The van der Waals surface area contributed by atoms with E-state index in [2.05, 4.69) is 0 Å². The maximum atomic E-state index is 13.1. The first-order valence-electron chi connectivity index (χ1n) is 10.2. The van der Waals surface area contributed by atoms with Gasteiger partial charge in [0.1, 0.15) is 17.3 Å². The Labute approximate surface area is 180 Å². The Kier molecular flexibility index (Phi) is 4.75. The molecule has 0 radical (unpaired) electrons. The maximum absolute atomic E-state index is 13.1. The van der Waals surface area contributed by atoms with Crippen LogP contribution in [0.5, 0.6) is 5.75 Å². The highest BCUT2D eigenvalue weighted by Gasteiger charge is 2.40. The van der Waals surface area contributed by atoms with Crippen LogP contribution < -0.4 is 4.74 Å². The van der Waals surface area contributed by atoms with Crippen molar-refractivity contribution in [1.82, 2.24) is 0 Å².